The van der Waals surface area contributed by atoms with E-state index in [-0.39, 0.29) is 48.1 Å². The van der Waals surface area contributed by atoms with Crippen molar-refractivity contribution in [3.63, 3.8) is 0 Å². The SMILES string of the molecule is CCCCCC[C@H]1C[C@@H](C)NC(=O)[C@H](CN2CCNCC2)NC(=O)[C@H](CN)NC(=O)[C@H](C2CCCCC2)NC(=O)[C@H](CC(C)C)N(C)C(=O)[C@@H]1C. The monoisotopic (exact) mass is 719 g/mol. The molecule has 2 aliphatic heterocycles. The molecule has 0 bridgehead atoms. The number of unbranched alkanes of at least 4 members (excludes halogenated alkanes) is 3. The molecule has 51 heavy (non-hydrogen) atoms. The number of nitrogens with one attached hydrogen (secondary N) is 5. The van der Waals surface area contributed by atoms with Gasteiger partial charge < -0.3 is 37.2 Å². The predicted molar refractivity (Wildman–Crippen MR) is 200 cm³/mol. The number of amides is 5. The molecule has 1 aliphatic carbocycles. The molecule has 292 valence electrons. The van der Waals surface area contributed by atoms with Gasteiger partial charge in [0, 0.05) is 58.3 Å². The summed E-state index contributed by atoms with van der Waals surface area (Å²) in [5.41, 5.74) is 6.08. The molecular formula is C38H70N8O5. The lowest BCUT2D eigenvalue weighted by molar-refractivity contribution is -0.145. The first-order valence-corrected chi connectivity index (χ1v) is 20.0. The van der Waals surface area contributed by atoms with Crippen molar-refractivity contribution >= 4 is 29.5 Å². The van der Waals surface area contributed by atoms with Crippen LogP contribution in [0.1, 0.15) is 112 Å². The van der Waals surface area contributed by atoms with Gasteiger partial charge in [-0.2, -0.15) is 0 Å². The Labute approximate surface area is 307 Å². The summed E-state index contributed by atoms with van der Waals surface area (Å²) in [6.07, 6.45) is 10.6. The Kier molecular flexibility index (Phi) is 18.1. The molecule has 13 nitrogen and oxygen atoms in total. The van der Waals surface area contributed by atoms with E-state index in [9.17, 15) is 24.0 Å². The fraction of sp³-hybridized carbons (Fsp3) is 0.868. The van der Waals surface area contributed by atoms with E-state index in [1.165, 1.54) is 0 Å². The van der Waals surface area contributed by atoms with Crippen LogP contribution in [0.4, 0.5) is 0 Å². The molecule has 13 heteroatoms. The number of likely N-dealkylation sites (N-methyl/N-ethyl adjacent to an activating group) is 1. The number of nitrogens with two attached hydrogens (primary N) is 1. The lowest BCUT2D eigenvalue weighted by atomic mass is 9.82. The molecule has 3 fully saturated rings. The second kappa shape index (κ2) is 21.7. The van der Waals surface area contributed by atoms with Crippen LogP contribution in [0.5, 0.6) is 0 Å². The average molecular weight is 719 g/mol. The lowest BCUT2D eigenvalue weighted by Crippen LogP contribution is -2.63. The molecule has 5 amide bonds. The fourth-order valence-electron chi connectivity index (χ4n) is 8.05. The molecule has 2 saturated heterocycles. The lowest BCUT2D eigenvalue weighted by Gasteiger charge is -2.37. The van der Waals surface area contributed by atoms with Crippen LogP contribution in [0.15, 0.2) is 0 Å². The largest absolute Gasteiger partial charge is 0.352 e. The Morgan fingerprint density at radius 3 is 2.08 bits per heavy atom. The fourth-order valence-corrected chi connectivity index (χ4v) is 8.05. The summed E-state index contributed by atoms with van der Waals surface area (Å²) in [4.78, 5) is 74.0. The summed E-state index contributed by atoms with van der Waals surface area (Å²) in [5.74, 6) is -2.20. The zero-order valence-corrected chi connectivity index (χ0v) is 32.4. The first kappa shape index (κ1) is 42.6. The zero-order chi connectivity index (χ0) is 37.5. The van der Waals surface area contributed by atoms with Crippen LogP contribution < -0.4 is 32.3 Å². The van der Waals surface area contributed by atoms with Crippen LogP contribution in [0.25, 0.3) is 0 Å². The van der Waals surface area contributed by atoms with E-state index in [4.69, 9.17) is 5.73 Å². The van der Waals surface area contributed by atoms with E-state index in [1.54, 1.807) is 11.9 Å². The van der Waals surface area contributed by atoms with E-state index in [0.717, 1.165) is 90.4 Å². The molecule has 0 aromatic carbocycles. The van der Waals surface area contributed by atoms with Crippen molar-refractivity contribution in [2.45, 2.75) is 142 Å². The molecule has 0 unspecified atom stereocenters. The van der Waals surface area contributed by atoms with Gasteiger partial charge in [0.15, 0.2) is 0 Å². The second-order valence-corrected chi connectivity index (χ2v) is 15.9. The van der Waals surface area contributed by atoms with E-state index in [0.29, 0.717) is 19.4 Å². The maximum absolute atomic E-state index is 14.3. The number of rotatable bonds is 11. The van der Waals surface area contributed by atoms with Crippen LogP contribution in [-0.2, 0) is 24.0 Å². The third-order valence-corrected chi connectivity index (χ3v) is 11.2. The van der Waals surface area contributed by atoms with Gasteiger partial charge in [0.2, 0.25) is 29.5 Å². The van der Waals surface area contributed by atoms with Crippen molar-refractivity contribution in [2.75, 3.05) is 46.3 Å². The second-order valence-electron chi connectivity index (χ2n) is 15.9. The topological polar surface area (TPSA) is 178 Å². The van der Waals surface area contributed by atoms with Crippen LogP contribution in [0.3, 0.4) is 0 Å². The minimum Gasteiger partial charge on any atom is -0.352 e. The third kappa shape index (κ3) is 13.3. The van der Waals surface area contributed by atoms with Gasteiger partial charge in [-0.15, -0.1) is 0 Å². The van der Waals surface area contributed by atoms with E-state index >= 15 is 0 Å². The number of hydrogen-bond acceptors (Lipinski definition) is 8. The van der Waals surface area contributed by atoms with Crippen LogP contribution in [-0.4, -0.2) is 116 Å². The maximum Gasteiger partial charge on any atom is 0.244 e. The maximum atomic E-state index is 14.3. The highest BCUT2D eigenvalue weighted by Crippen LogP contribution is 2.29. The molecule has 1 saturated carbocycles. The Bertz CT molecular complexity index is 1130. The van der Waals surface area contributed by atoms with Crippen molar-refractivity contribution in [1.29, 1.82) is 0 Å². The molecule has 0 aromatic heterocycles. The molecular weight excluding hydrogens is 648 g/mol. The summed E-state index contributed by atoms with van der Waals surface area (Å²) in [6.45, 7) is 13.3. The molecule has 3 rings (SSSR count). The number of carbonyl (C=O) groups excluding carboxylic acids is 5. The highest BCUT2D eigenvalue weighted by atomic mass is 16.2. The number of carbonyl (C=O) groups is 5. The highest BCUT2D eigenvalue weighted by Gasteiger charge is 2.39. The van der Waals surface area contributed by atoms with Crippen molar-refractivity contribution in [3.05, 3.63) is 0 Å². The first-order chi connectivity index (χ1) is 24.4. The van der Waals surface area contributed by atoms with Gasteiger partial charge in [-0.25, -0.2) is 0 Å². The van der Waals surface area contributed by atoms with Gasteiger partial charge >= 0.3 is 0 Å². The standard InChI is InChI=1S/C38H70N8O5/c1-7-8-9-11-16-29-22-26(4)41-35(48)31(24-46-19-17-40-18-20-46)43-34(47)30(23-39)42-37(50)33(28-14-12-10-13-15-28)44-36(49)32(21-25(2)3)45(6)38(51)27(29)5/h25-33,40H,7-24,39H2,1-6H3,(H,41,48)(H,42,50)(H,43,47)(H,44,49)/t26-,27-,29+,30+,31+,32+,33+/m1/s1. The molecule has 0 aromatic rings. The first-order valence-electron chi connectivity index (χ1n) is 20.0. The van der Waals surface area contributed by atoms with Crippen molar-refractivity contribution in [2.24, 2.45) is 29.4 Å². The Balaban J connectivity index is 2.02. The van der Waals surface area contributed by atoms with Crippen LogP contribution >= 0.6 is 0 Å². The average Bonchev–Trinajstić information content (AvgIpc) is 3.11. The third-order valence-electron chi connectivity index (χ3n) is 11.2. The zero-order valence-electron chi connectivity index (χ0n) is 32.4. The van der Waals surface area contributed by atoms with Gasteiger partial charge in [0.25, 0.3) is 0 Å². The van der Waals surface area contributed by atoms with Gasteiger partial charge in [-0.05, 0) is 56.8 Å². The minimum absolute atomic E-state index is 0.0302. The Morgan fingerprint density at radius 2 is 1.45 bits per heavy atom. The predicted octanol–water partition coefficient (Wildman–Crippen LogP) is 1.89. The van der Waals surface area contributed by atoms with Gasteiger partial charge in [-0.3, -0.25) is 28.9 Å². The van der Waals surface area contributed by atoms with Gasteiger partial charge in [0.05, 0.1) is 0 Å². The van der Waals surface area contributed by atoms with Gasteiger partial charge in [0.1, 0.15) is 24.2 Å². The summed E-state index contributed by atoms with van der Waals surface area (Å²) in [7, 11) is 1.70. The Morgan fingerprint density at radius 1 is 0.804 bits per heavy atom. The molecule has 3 aliphatic rings. The molecule has 2 heterocycles. The summed E-state index contributed by atoms with van der Waals surface area (Å²) >= 11 is 0. The quantitative estimate of drug-likeness (QED) is 0.176. The normalized spacial score (nSPS) is 30.6. The van der Waals surface area contributed by atoms with Crippen molar-refractivity contribution in [1.82, 2.24) is 36.4 Å². The van der Waals surface area contributed by atoms with Crippen molar-refractivity contribution in [3.8, 4) is 0 Å². The van der Waals surface area contributed by atoms with Crippen LogP contribution in [0.2, 0.25) is 0 Å². The summed E-state index contributed by atoms with van der Waals surface area (Å²) in [5, 5.41) is 15.3. The number of piperazine rings is 1. The number of nitrogens with zero attached hydrogens (tertiary/aromatic N) is 2. The summed E-state index contributed by atoms with van der Waals surface area (Å²) < 4.78 is 0. The van der Waals surface area contributed by atoms with Crippen molar-refractivity contribution < 1.29 is 24.0 Å². The summed E-state index contributed by atoms with van der Waals surface area (Å²) in [6, 6.07) is -3.90. The minimum atomic E-state index is -1.10. The molecule has 0 spiro atoms. The van der Waals surface area contributed by atoms with Crippen LogP contribution in [0, 0.1) is 23.7 Å². The highest BCUT2D eigenvalue weighted by molar-refractivity contribution is 5.96. The smallest absolute Gasteiger partial charge is 0.244 e. The molecule has 7 atom stereocenters. The molecule has 7 N–H and O–H groups in total. The Hall–Kier alpha value is -2.77. The van der Waals surface area contributed by atoms with E-state index in [2.05, 4.69) is 38.4 Å². The van der Waals surface area contributed by atoms with E-state index < -0.39 is 41.9 Å². The van der Waals surface area contributed by atoms with Gasteiger partial charge in [-0.1, -0.05) is 72.6 Å². The van der Waals surface area contributed by atoms with E-state index in [1.807, 2.05) is 27.7 Å². The molecule has 0 radical (unpaired) electrons. The number of hydrogen-bond donors (Lipinski definition) is 6.